The molecule has 5 aromatic rings. The SMILES string of the molecule is COc1cc(-c2cc(CC(=O)N(C)C)ccc2Cl)cc2c1c(=O)n(-c1cncc(Cl)c1)c(=O)n2Cc1cc(Cl)ccc1C. The predicted molar refractivity (Wildman–Crippen MR) is 171 cm³/mol. The number of benzene rings is 3. The van der Waals surface area contributed by atoms with Gasteiger partial charge < -0.3 is 9.64 Å². The molecule has 0 radical (unpaired) electrons. The summed E-state index contributed by atoms with van der Waals surface area (Å²) >= 11 is 19.2. The molecular weight excluding hydrogens is 611 g/mol. The fourth-order valence-electron chi connectivity index (χ4n) is 4.89. The van der Waals surface area contributed by atoms with E-state index in [2.05, 4.69) is 4.98 Å². The van der Waals surface area contributed by atoms with Crippen LogP contribution in [0.5, 0.6) is 5.75 Å². The van der Waals surface area contributed by atoms with E-state index in [9.17, 15) is 14.4 Å². The number of fused-ring (bicyclic) bond motifs is 1. The van der Waals surface area contributed by atoms with E-state index in [1.807, 2.05) is 19.1 Å². The lowest BCUT2D eigenvalue weighted by Crippen LogP contribution is -2.39. The summed E-state index contributed by atoms with van der Waals surface area (Å²) in [5, 5.41) is 1.39. The Labute approximate surface area is 262 Å². The van der Waals surface area contributed by atoms with Gasteiger partial charge >= 0.3 is 5.69 Å². The zero-order valence-corrected chi connectivity index (χ0v) is 26.1. The van der Waals surface area contributed by atoms with Crippen LogP contribution in [0.2, 0.25) is 15.1 Å². The summed E-state index contributed by atoms with van der Waals surface area (Å²) in [5.41, 5.74) is 3.03. The number of pyridine rings is 1. The summed E-state index contributed by atoms with van der Waals surface area (Å²) in [6.45, 7) is 2.02. The second-order valence-corrected chi connectivity index (χ2v) is 11.6. The van der Waals surface area contributed by atoms with E-state index in [4.69, 9.17) is 39.5 Å². The van der Waals surface area contributed by atoms with Crippen LogP contribution in [0.4, 0.5) is 0 Å². The highest BCUT2D eigenvalue weighted by Gasteiger charge is 2.21. The molecule has 0 aliphatic heterocycles. The van der Waals surface area contributed by atoms with E-state index in [-0.39, 0.29) is 40.7 Å². The van der Waals surface area contributed by atoms with Crippen molar-refractivity contribution < 1.29 is 9.53 Å². The van der Waals surface area contributed by atoms with Crippen molar-refractivity contribution in [1.29, 1.82) is 0 Å². The van der Waals surface area contributed by atoms with Crippen LogP contribution in [0, 0.1) is 6.92 Å². The van der Waals surface area contributed by atoms with Crippen LogP contribution in [0.15, 0.2) is 76.6 Å². The maximum absolute atomic E-state index is 14.2. The lowest BCUT2D eigenvalue weighted by Gasteiger charge is -2.19. The molecular formula is C32H27Cl3N4O4. The minimum atomic E-state index is -0.600. The van der Waals surface area contributed by atoms with Crippen LogP contribution in [-0.4, -0.2) is 46.1 Å². The number of carbonyl (C=O) groups is 1. The minimum Gasteiger partial charge on any atom is -0.496 e. The second kappa shape index (κ2) is 12.2. The van der Waals surface area contributed by atoms with Crippen LogP contribution in [0.3, 0.4) is 0 Å². The van der Waals surface area contributed by atoms with Crippen molar-refractivity contribution in [2.75, 3.05) is 21.2 Å². The van der Waals surface area contributed by atoms with Gasteiger partial charge in [-0.2, -0.15) is 0 Å². The Balaban J connectivity index is 1.84. The third kappa shape index (κ3) is 6.04. The number of ether oxygens (including phenoxy) is 1. The van der Waals surface area contributed by atoms with Gasteiger partial charge in [0.2, 0.25) is 5.91 Å². The first-order valence-corrected chi connectivity index (χ1v) is 14.3. The van der Waals surface area contributed by atoms with E-state index in [0.29, 0.717) is 26.7 Å². The molecule has 11 heteroatoms. The van der Waals surface area contributed by atoms with Crippen LogP contribution in [0.1, 0.15) is 16.7 Å². The lowest BCUT2D eigenvalue weighted by molar-refractivity contribution is -0.127. The predicted octanol–water partition coefficient (Wildman–Crippen LogP) is 6.17. The quantitative estimate of drug-likeness (QED) is 0.213. The van der Waals surface area contributed by atoms with Crippen LogP contribution >= 0.6 is 34.8 Å². The maximum atomic E-state index is 14.2. The number of halogens is 3. The Morgan fingerprint density at radius 2 is 1.72 bits per heavy atom. The van der Waals surface area contributed by atoms with Gasteiger partial charge in [0.1, 0.15) is 11.1 Å². The van der Waals surface area contributed by atoms with Gasteiger partial charge in [-0.05, 0) is 71.6 Å². The molecule has 8 nitrogen and oxygen atoms in total. The molecule has 0 saturated heterocycles. The Morgan fingerprint density at radius 1 is 0.953 bits per heavy atom. The van der Waals surface area contributed by atoms with Crippen molar-refractivity contribution in [2.24, 2.45) is 0 Å². The highest BCUT2D eigenvalue weighted by atomic mass is 35.5. The molecule has 3 aromatic carbocycles. The van der Waals surface area contributed by atoms with E-state index in [1.165, 1.54) is 35.0 Å². The van der Waals surface area contributed by atoms with Crippen molar-refractivity contribution in [1.82, 2.24) is 19.0 Å². The average Bonchev–Trinajstić information content (AvgIpc) is 2.97. The number of hydrogen-bond donors (Lipinski definition) is 0. The van der Waals surface area contributed by atoms with Crippen molar-refractivity contribution in [3.05, 3.63) is 120 Å². The van der Waals surface area contributed by atoms with Gasteiger partial charge in [0.15, 0.2) is 0 Å². The summed E-state index contributed by atoms with van der Waals surface area (Å²) in [6.07, 6.45) is 3.00. The molecule has 220 valence electrons. The smallest absolute Gasteiger partial charge is 0.336 e. The Kier molecular flexibility index (Phi) is 8.64. The normalized spacial score (nSPS) is 11.1. The summed E-state index contributed by atoms with van der Waals surface area (Å²) < 4.78 is 8.27. The average molecular weight is 638 g/mol. The molecule has 43 heavy (non-hydrogen) atoms. The van der Waals surface area contributed by atoms with Gasteiger partial charge in [-0.25, -0.2) is 9.36 Å². The van der Waals surface area contributed by atoms with Crippen molar-refractivity contribution in [3.63, 3.8) is 0 Å². The third-order valence-electron chi connectivity index (χ3n) is 7.22. The van der Waals surface area contributed by atoms with Crippen molar-refractivity contribution in [2.45, 2.75) is 19.9 Å². The molecule has 1 amide bonds. The number of nitrogens with zero attached hydrogens (tertiary/aromatic N) is 4. The molecule has 0 saturated carbocycles. The zero-order valence-electron chi connectivity index (χ0n) is 23.8. The summed E-state index contributed by atoms with van der Waals surface area (Å²) in [7, 11) is 4.84. The number of amides is 1. The van der Waals surface area contributed by atoms with Gasteiger partial charge in [0.25, 0.3) is 5.56 Å². The highest BCUT2D eigenvalue weighted by molar-refractivity contribution is 6.33. The molecule has 5 rings (SSSR count). The highest BCUT2D eigenvalue weighted by Crippen LogP contribution is 2.35. The topological polar surface area (TPSA) is 86.4 Å². The summed E-state index contributed by atoms with van der Waals surface area (Å²) in [5.74, 6) is 0.176. The summed E-state index contributed by atoms with van der Waals surface area (Å²) in [6, 6.07) is 15.7. The molecule has 0 N–H and O–H groups in total. The molecule has 0 unspecified atom stereocenters. The Hall–Kier alpha value is -4.11. The fraction of sp³-hybridized carbons (Fsp3) is 0.188. The van der Waals surface area contributed by atoms with Crippen LogP contribution in [-0.2, 0) is 17.8 Å². The van der Waals surface area contributed by atoms with Crippen molar-refractivity contribution in [3.8, 4) is 22.6 Å². The Bertz CT molecular complexity index is 2020. The number of hydrogen-bond acceptors (Lipinski definition) is 5. The molecule has 2 heterocycles. The van der Waals surface area contributed by atoms with E-state index in [1.54, 1.807) is 50.5 Å². The number of carbonyl (C=O) groups excluding carboxylic acids is 1. The van der Waals surface area contributed by atoms with Gasteiger partial charge in [0.05, 0.1) is 42.5 Å². The van der Waals surface area contributed by atoms with E-state index >= 15 is 0 Å². The van der Waals surface area contributed by atoms with Gasteiger partial charge in [-0.3, -0.25) is 19.1 Å². The number of rotatable bonds is 7. The molecule has 0 atom stereocenters. The minimum absolute atomic E-state index is 0.0637. The lowest BCUT2D eigenvalue weighted by atomic mass is 9.99. The van der Waals surface area contributed by atoms with Crippen molar-refractivity contribution >= 4 is 51.6 Å². The second-order valence-electron chi connectivity index (χ2n) is 10.3. The monoisotopic (exact) mass is 636 g/mol. The first-order valence-electron chi connectivity index (χ1n) is 13.2. The van der Waals surface area contributed by atoms with E-state index in [0.717, 1.165) is 21.3 Å². The number of methoxy groups -OCH3 is 1. The fourth-order valence-corrected chi connectivity index (χ4v) is 5.48. The molecule has 0 bridgehead atoms. The number of likely N-dealkylation sites (N-methyl/N-ethyl adjacent to an activating group) is 1. The molecule has 0 fully saturated rings. The largest absolute Gasteiger partial charge is 0.496 e. The van der Waals surface area contributed by atoms with Gasteiger partial charge in [-0.15, -0.1) is 0 Å². The van der Waals surface area contributed by atoms with Gasteiger partial charge in [0, 0.05) is 35.9 Å². The van der Waals surface area contributed by atoms with Crippen LogP contribution < -0.4 is 16.0 Å². The summed E-state index contributed by atoms with van der Waals surface area (Å²) in [4.78, 5) is 46.2. The van der Waals surface area contributed by atoms with Gasteiger partial charge in [-0.1, -0.05) is 46.9 Å². The molecule has 0 spiro atoms. The van der Waals surface area contributed by atoms with E-state index < -0.39 is 11.2 Å². The number of aromatic nitrogens is 3. The first kappa shape index (κ1) is 30.4. The van der Waals surface area contributed by atoms with Crippen LogP contribution in [0.25, 0.3) is 27.7 Å². The molecule has 0 aliphatic carbocycles. The zero-order chi connectivity index (χ0) is 31.0. The number of aryl methyl sites for hydroxylation is 1. The third-order valence-corrected chi connectivity index (χ3v) is 7.99. The molecule has 0 aliphatic rings. The standard InChI is InChI=1S/C32H27Cl3N4O4/c1-18-5-7-22(33)11-21(18)17-38-27-12-20(25-9-19(6-8-26(25)35)10-29(40)37(2)3)13-28(43-4)30(27)31(41)39(32(38)42)24-14-23(34)15-36-16-24/h5-9,11-16H,10,17H2,1-4H3. The maximum Gasteiger partial charge on any atom is 0.336 e. The molecule has 2 aromatic heterocycles. The first-order chi connectivity index (χ1) is 20.5. The Morgan fingerprint density at radius 3 is 2.42 bits per heavy atom.